The fraction of sp³-hybridized carbons (Fsp3) is 0.727. The molecule has 1 saturated heterocycles. The summed E-state index contributed by atoms with van der Waals surface area (Å²) in [7, 11) is 0. The summed E-state index contributed by atoms with van der Waals surface area (Å²) in [5.74, 6) is 0.212. The van der Waals surface area contributed by atoms with E-state index in [9.17, 15) is 4.79 Å². The molecule has 7 heteroatoms. The number of anilines is 1. The van der Waals surface area contributed by atoms with Crippen molar-refractivity contribution in [3.8, 4) is 0 Å². The highest BCUT2D eigenvalue weighted by molar-refractivity contribution is 5.90. The third-order valence-corrected chi connectivity index (χ3v) is 3.52. The van der Waals surface area contributed by atoms with Gasteiger partial charge >= 0.3 is 0 Å². The molecule has 18 heavy (non-hydrogen) atoms. The molecule has 1 unspecified atom stereocenters. The number of nitrogen functional groups attached to an aromatic ring is 1. The molecule has 1 fully saturated rings. The molecule has 2 heterocycles. The Hall–Kier alpha value is -1.63. The summed E-state index contributed by atoms with van der Waals surface area (Å²) in [4.78, 5) is 20.1. The number of rotatable bonds is 3. The molecule has 7 nitrogen and oxygen atoms in total. The van der Waals surface area contributed by atoms with E-state index < -0.39 is 0 Å². The van der Waals surface area contributed by atoms with E-state index in [4.69, 9.17) is 5.73 Å². The van der Waals surface area contributed by atoms with Crippen molar-refractivity contribution in [2.75, 3.05) is 31.9 Å². The lowest BCUT2D eigenvalue weighted by Crippen LogP contribution is -2.51. The van der Waals surface area contributed by atoms with Crippen LogP contribution in [0.3, 0.4) is 0 Å². The molecule has 1 aromatic heterocycles. The first-order chi connectivity index (χ1) is 8.61. The Bertz CT molecular complexity index is 409. The third kappa shape index (κ3) is 2.61. The molecular weight excluding hydrogens is 232 g/mol. The summed E-state index contributed by atoms with van der Waals surface area (Å²) in [6, 6.07) is 0.572. The van der Waals surface area contributed by atoms with Gasteiger partial charge in [-0.15, -0.1) is 5.10 Å². The van der Waals surface area contributed by atoms with Crippen molar-refractivity contribution in [3.05, 3.63) is 5.82 Å². The van der Waals surface area contributed by atoms with Gasteiger partial charge in [0.15, 0.2) is 0 Å². The molecular formula is C11H20N6O. The zero-order chi connectivity index (χ0) is 13.1. The van der Waals surface area contributed by atoms with Gasteiger partial charge in [0.1, 0.15) is 0 Å². The van der Waals surface area contributed by atoms with E-state index in [1.54, 1.807) is 4.90 Å². The Morgan fingerprint density at radius 3 is 2.61 bits per heavy atom. The minimum absolute atomic E-state index is 0.108. The number of aromatic nitrogens is 3. The number of nitrogens with zero attached hydrogens (tertiary/aromatic N) is 4. The maximum atomic E-state index is 12.1. The summed E-state index contributed by atoms with van der Waals surface area (Å²) >= 11 is 0. The van der Waals surface area contributed by atoms with Crippen LogP contribution in [0, 0.1) is 0 Å². The molecule has 1 aliphatic heterocycles. The molecule has 1 aliphatic rings. The SMILES string of the molecule is CCC(C)N1CCN(C(=O)c2nc(N)n[nH]2)CC1. The van der Waals surface area contributed by atoms with Crippen LogP contribution in [0.1, 0.15) is 30.9 Å². The highest BCUT2D eigenvalue weighted by Gasteiger charge is 2.25. The molecule has 0 spiro atoms. The van der Waals surface area contributed by atoms with Crippen LogP contribution in [0.25, 0.3) is 0 Å². The molecule has 0 aliphatic carbocycles. The number of carbonyl (C=O) groups is 1. The lowest BCUT2D eigenvalue weighted by molar-refractivity contribution is 0.0569. The van der Waals surface area contributed by atoms with Gasteiger partial charge in [0.05, 0.1) is 0 Å². The Kier molecular flexibility index (Phi) is 3.81. The first-order valence-electron chi connectivity index (χ1n) is 6.33. The average Bonchev–Trinajstić information content (AvgIpc) is 2.84. The number of hydrogen-bond acceptors (Lipinski definition) is 5. The van der Waals surface area contributed by atoms with E-state index in [0.29, 0.717) is 6.04 Å². The van der Waals surface area contributed by atoms with Crippen molar-refractivity contribution in [1.82, 2.24) is 25.0 Å². The quantitative estimate of drug-likeness (QED) is 0.786. The molecule has 3 N–H and O–H groups in total. The maximum Gasteiger partial charge on any atom is 0.291 e. The number of amides is 1. The second-order valence-electron chi connectivity index (χ2n) is 4.63. The lowest BCUT2D eigenvalue weighted by atomic mass is 10.2. The first-order valence-corrected chi connectivity index (χ1v) is 6.33. The minimum Gasteiger partial charge on any atom is -0.366 e. The van der Waals surface area contributed by atoms with Crippen molar-refractivity contribution >= 4 is 11.9 Å². The van der Waals surface area contributed by atoms with Crippen LogP contribution in [0.2, 0.25) is 0 Å². The monoisotopic (exact) mass is 252 g/mol. The van der Waals surface area contributed by atoms with Crippen LogP contribution < -0.4 is 5.73 Å². The zero-order valence-corrected chi connectivity index (χ0v) is 10.9. The van der Waals surface area contributed by atoms with Crippen molar-refractivity contribution in [2.45, 2.75) is 26.3 Å². The summed E-state index contributed by atoms with van der Waals surface area (Å²) in [5, 5.41) is 6.23. The summed E-state index contributed by atoms with van der Waals surface area (Å²) in [5.41, 5.74) is 5.39. The van der Waals surface area contributed by atoms with Crippen LogP contribution in [-0.2, 0) is 0 Å². The minimum atomic E-state index is -0.122. The molecule has 0 bridgehead atoms. The Morgan fingerprint density at radius 1 is 1.44 bits per heavy atom. The van der Waals surface area contributed by atoms with Crippen molar-refractivity contribution < 1.29 is 4.79 Å². The zero-order valence-electron chi connectivity index (χ0n) is 10.9. The van der Waals surface area contributed by atoms with Crippen LogP contribution in [0.15, 0.2) is 0 Å². The number of carbonyl (C=O) groups excluding carboxylic acids is 1. The Labute approximate surface area is 106 Å². The Balaban J connectivity index is 1.92. The van der Waals surface area contributed by atoms with E-state index in [0.717, 1.165) is 32.6 Å². The molecule has 0 radical (unpaired) electrons. The standard InChI is InChI=1S/C11H20N6O/c1-3-8(2)16-4-6-17(7-5-16)10(18)9-13-11(12)15-14-9/h8H,3-7H2,1-2H3,(H3,12,13,14,15). The second-order valence-corrected chi connectivity index (χ2v) is 4.63. The maximum absolute atomic E-state index is 12.1. The van der Waals surface area contributed by atoms with Gasteiger partial charge in [0, 0.05) is 32.2 Å². The molecule has 100 valence electrons. The topological polar surface area (TPSA) is 91.1 Å². The van der Waals surface area contributed by atoms with E-state index in [2.05, 4.69) is 33.9 Å². The van der Waals surface area contributed by atoms with Crippen LogP contribution >= 0.6 is 0 Å². The summed E-state index contributed by atoms with van der Waals surface area (Å²) in [6.45, 7) is 7.66. The molecule has 0 aromatic carbocycles. The molecule has 2 rings (SSSR count). The molecule has 1 atom stereocenters. The lowest BCUT2D eigenvalue weighted by Gasteiger charge is -2.37. The number of hydrogen-bond donors (Lipinski definition) is 2. The number of piperazine rings is 1. The van der Waals surface area contributed by atoms with E-state index in [-0.39, 0.29) is 17.7 Å². The van der Waals surface area contributed by atoms with Crippen LogP contribution in [0.5, 0.6) is 0 Å². The highest BCUT2D eigenvalue weighted by Crippen LogP contribution is 2.10. The number of H-pyrrole nitrogens is 1. The van der Waals surface area contributed by atoms with Gasteiger partial charge in [-0.05, 0) is 13.3 Å². The van der Waals surface area contributed by atoms with Gasteiger partial charge in [0.2, 0.25) is 11.8 Å². The fourth-order valence-electron chi connectivity index (χ4n) is 2.14. The number of aromatic amines is 1. The largest absolute Gasteiger partial charge is 0.366 e. The van der Waals surface area contributed by atoms with Gasteiger partial charge in [-0.25, -0.2) is 0 Å². The molecule has 1 amide bonds. The first kappa shape index (κ1) is 12.8. The average molecular weight is 252 g/mol. The van der Waals surface area contributed by atoms with E-state index in [1.165, 1.54) is 0 Å². The van der Waals surface area contributed by atoms with Gasteiger partial charge in [-0.2, -0.15) is 4.98 Å². The van der Waals surface area contributed by atoms with Gasteiger partial charge in [-0.3, -0.25) is 14.8 Å². The van der Waals surface area contributed by atoms with Gasteiger partial charge < -0.3 is 10.6 Å². The number of nitrogens with one attached hydrogen (secondary N) is 1. The second kappa shape index (κ2) is 5.34. The van der Waals surface area contributed by atoms with Gasteiger partial charge in [0.25, 0.3) is 5.91 Å². The van der Waals surface area contributed by atoms with Crippen LogP contribution in [-0.4, -0.2) is 63.1 Å². The third-order valence-electron chi connectivity index (χ3n) is 3.52. The predicted molar refractivity (Wildman–Crippen MR) is 68.0 cm³/mol. The van der Waals surface area contributed by atoms with Crippen molar-refractivity contribution in [3.63, 3.8) is 0 Å². The smallest absolute Gasteiger partial charge is 0.291 e. The molecule has 0 saturated carbocycles. The predicted octanol–water partition coefficient (Wildman–Crippen LogP) is -0.0568. The van der Waals surface area contributed by atoms with E-state index >= 15 is 0 Å². The Morgan fingerprint density at radius 2 is 2.11 bits per heavy atom. The normalized spacial score (nSPS) is 18.9. The van der Waals surface area contributed by atoms with Crippen molar-refractivity contribution in [1.29, 1.82) is 0 Å². The number of nitrogens with two attached hydrogens (primary N) is 1. The summed E-state index contributed by atoms with van der Waals surface area (Å²) < 4.78 is 0. The fourth-order valence-corrected chi connectivity index (χ4v) is 2.14. The van der Waals surface area contributed by atoms with Crippen LogP contribution in [0.4, 0.5) is 5.95 Å². The van der Waals surface area contributed by atoms with Crippen molar-refractivity contribution in [2.24, 2.45) is 0 Å². The van der Waals surface area contributed by atoms with Gasteiger partial charge in [-0.1, -0.05) is 6.92 Å². The summed E-state index contributed by atoms with van der Waals surface area (Å²) in [6.07, 6.45) is 1.13. The molecule has 1 aromatic rings. The highest BCUT2D eigenvalue weighted by atomic mass is 16.2. The van der Waals surface area contributed by atoms with E-state index in [1.807, 2.05) is 0 Å².